The van der Waals surface area contributed by atoms with Crippen molar-refractivity contribution < 1.29 is 0 Å². The molecule has 3 aromatic carbocycles. The van der Waals surface area contributed by atoms with Crippen LogP contribution in [0.5, 0.6) is 0 Å². The zero-order valence-corrected chi connectivity index (χ0v) is 14.9. The second kappa shape index (κ2) is 7.51. The van der Waals surface area contributed by atoms with E-state index in [0.29, 0.717) is 5.88 Å². The van der Waals surface area contributed by atoms with Crippen molar-refractivity contribution in [2.45, 2.75) is 5.88 Å². The Bertz CT molecular complexity index is 1020. The van der Waals surface area contributed by atoms with Gasteiger partial charge in [0.05, 0.1) is 11.4 Å². The van der Waals surface area contributed by atoms with Crippen molar-refractivity contribution in [1.82, 2.24) is 4.98 Å². The van der Waals surface area contributed by atoms with Crippen LogP contribution >= 0.6 is 11.6 Å². The summed E-state index contributed by atoms with van der Waals surface area (Å²) in [5.41, 5.74) is 4.98. The van der Waals surface area contributed by atoms with Crippen molar-refractivity contribution in [1.29, 1.82) is 0 Å². The van der Waals surface area contributed by atoms with Crippen molar-refractivity contribution in [2.24, 2.45) is 4.99 Å². The molecule has 0 aliphatic rings. The predicted molar refractivity (Wildman–Crippen MR) is 109 cm³/mol. The minimum Gasteiger partial charge on any atom is -0.264 e. The van der Waals surface area contributed by atoms with Crippen LogP contribution in [0.3, 0.4) is 0 Å². The molecule has 4 aromatic rings. The van der Waals surface area contributed by atoms with Crippen LogP contribution in [0.1, 0.15) is 16.7 Å². The maximum atomic E-state index is 6.22. The van der Waals surface area contributed by atoms with Crippen LogP contribution < -0.4 is 0 Å². The molecule has 26 heavy (non-hydrogen) atoms. The van der Waals surface area contributed by atoms with Gasteiger partial charge in [0, 0.05) is 34.8 Å². The number of hydrogen-bond donors (Lipinski definition) is 0. The Balaban J connectivity index is 1.94. The lowest BCUT2D eigenvalue weighted by atomic mass is 10.0. The molecule has 0 bridgehead atoms. The molecule has 4 rings (SSSR count). The summed E-state index contributed by atoms with van der Waals surface area (Å²) in [5.74, 6) is 0.403. The number of aliphatic imine (C=N–C) groups is 1. The van der Waals surface area contributed by atoms with Crippen molar-refractivity contribution in [3.05, 3.63) is 108 Å². The van der Waals surface area contributed by atoms with Gasteiger partial charge in [0.25, 0.3) is 0 Å². The quantitative estimate of drug-likeness (QED) is 0.318. The monoisotopic (exact) mass is 356 g/mol. The van der Waals surface area contributed by atoms with Crippen LogP contribution in [0.2, 0.25) is 0 Å². The topological polar surface area (TPSA) is 25.2 Å². The average Bonchev–Trinajstić information content (AvgIpc) is 2.72. The van der Waals surface area contributed by atoms with E-state index in [2.05, 4.69) is 41.4 Å². The number of hydrogen-bond acceptors (Lipinski definition) is 2. The Labute approximate surface area is 157 Å². The Kier molecular flexibility index (Phi) is 4.76. The first-order valence-electron chi connectivity index (χ1n) is 8.47. The van der Waals surface area contributed by atoms with E-state index in [1.165, 1.54) is 0 Å². The molecule has 0 saturated carbocycles. The predicted octanol–water partition coefficient (Wildman–Crippen LogP) is 6.14. The number of fused-ring (bicyclic) bond motifs is 1. The van der Waals surface area contributed by atoms with Crippen LogP contribution in [-0.2, 0) is 5.88 Å². The van der Waals surface area contributed by atoms with Crippen molar-refractivity contribution in [3.8, 4) is 0 Å². The first-order chi connectivity index (χ1) is 12.8. The third-order valence-corrected chi connectivity index (χ3v) is 4.60. The molecule has 0 fully saturated rings. The molecule has 2 nitrogen and oxygen atoms in total. The second-order valence-corrected chi connectivity index (χ2v) is 6.30. The van der Waals surface area contributed by atoms with Crippen molar-refractivity contribution in [2.75, 3.05) is 0 Å². The van der Waals surface area contributed by atoms with Crippen molar-refractivity contribution >= 4 is 33.8 Å². The van der Waals surface area contributed by atoms with Crippen LogP contribution in [0.25, 0.3) is 10.8 Å². The molecule has 0 atom stereocenters. The molecule has 0 aliphatic carbocycles. The van der Waals surface area contributed by atoms with Crippen LogP contribution in [0, 0.1) is 0 Å². The smallest absolute Gasteiger partial charge is 0.0781 e. The molecule has 0 saturated heterocycles. The summed E-state index contributed by atoms with van der Waals surface area (Å²) in [6, 6.07) is 26.6. The minimum absolute atomic E-state index is 0.403. The number of alkyl halides is 1. The Morgan fingerprint density at radius 2 is 1.46 bits per heavy atom. The zero-order valence-electron chi connectivity index (χ0n) is 14.1. The van der Waals surface area contributed by atoms with E-state index in [1.807, 2.05) is 48.7 Å². The highest BCUT2D eigenvalue weighted by Crippen LogP contribution is 2.29. The fourth-order valence-corrected chi connectivity index (χ4v) is 3.20. The Morgan fingerprint density at radius 1 is 0.808 bits per heavy atom. The molecule has 0 amide bonds. The summed E-state index contributed by atoms with van der Waals surface area (Å²) in [6.45, 7) is 0. The van der Waals surface area contributed by atoms with Crippen LogP contribution in [-0.4, -0.2) is 10.7 Å². The zero-order chi connectivity index (χ0) is 17.8. The first-order valence-corrected chi connectivity index (χ1v) is 9.01. The summed E-state index contributed by atoms with van der Waals surface area (Å²) in [4.78, 5) is 9.23. The van der Waals surface area contributed by atoms with Gasteiger partial charge in [-0.1, -0.05) is 60.7 Å². The number of nitrogens with zero attached hydrogens (tertiary/aromatic N) is 2. The maximum Gasteiger partial charge on any atom is 0.0781 e. The maximum absolute atomic E-state index is 6.22. The van der Waals surface area contributed by atoms with Gasteiger partial charge < -0.3 is 0 Å². The second-order valence-electron chi connectivity index (χ2n) is 6.03. The van der Waals surface area contributed by atoms with E-state index in [0.717, 1.165) is 38.9 Å². The molecule has 0 aliphatic heterocycles. The normalized spacial score (nSPS) is 10.7. The third-order valence-electron chi connectivity index (χ3n) is 4.31. The summed E-state index contributed by atoms with van der Waals surface area (Å²) in [5, 5.41) is 2.18. The van der Waals surface area contributed by atoms with Gasteiger partial charge in [-0.05, 0) is 29.1 Å². The lowest BCUT2D eigenvalue weighted by Crippen LogP contribution is -2.03. The molecule has 0 spiro atoms. The van der Waals surface area contributed by atoms with E-state index >= 15 is 0 Å². The molecule has 1 heterocycles. The molecule has 3 heteroatoms. The fraction of sp³-hybridized carbons (Fsp3) is 0.0435. The molecule has 0 radical (unpaired) electrons. The average molecular weight is 357 g/mol. The summed E-state index contributed by atoms with van der Waals surface area (Å²) >= 11 is 6.22. The minimum atomic E-state index is 0.403. The molecule has 126 valence electrons. The van der Waals surface area contributed by atoms with E-state index in [4.69, 9.17) is 16.6 Å². The van der Waals surface area contributed by atoms with E-state index in [-0.39, 0.29) is 0 Å². The van der Waals surface area contributed by atoms with Gasteiger partial charge in [0.2, 0.25) is 0 Å². The number of benzene rings is 3. The Morgan fingerprint density at radius 3 is 2.08 bits per heavy atom. The molecular weight excluding hydrogens is 340 g/mol. The highest BCUT2D eigenvalue weighted by molar-refractivity contribution is 6.18. The molecule has 0 unspecified atom stereocenters. The van der Waals surface area contributed by atoms with E-state index in [9.17, 15) is 0 Å². The molecular formula is C23H17ClN2. The molecule has 1 aromatic heterocycles. The standard InChI is InChI=1S/C23H17ClN2/c24-15-20-13-21-16-25-12-11-19(21)14-22(20)26-23(17-7-3-1-4-8-17)18-9-5-2-6-10-18/h1-14,16H,15H2. The van der Waals surface area contributed by atoms with Gasteiger partial charge in [-0.2, -0.15) is 0 Å². The summed E-state index contributed by atoms with van der Waals surface area (Å²) in [7, 11) is 0. The first kappa shape index (κ1) is 16.5. The van der Waals surface area contributed by atoms with Crippen LogP contribution in [0.4, 0.5) is 5.69 Å². The van der Waals surface area contributed by atoms with Gasteiger partial charge in [0.15, 0.2) is 0 Å². The highest BCUT2D eigenvalue weighted by Gasteiger charge is 2.10. The lowest BCUT2D eigenvalue weighted by Gasteiger charge is -2.11. The fourth-order valence-electron chi connectivity index (χ4n) is 2.99. The highest BCUT2D eigenvalue weighted by atomic mass is 35.5. The third kappa shape index (κ3) is 3.37. The van der Waals surface area contributed by atoms with Gasteiger partial charge in [-0.25, -0.2) is 4.99 Å². The van der Waals surface area contributed by atoms with E-state index in [1.54, 1.807) is 6.20 Å². The Hall–Kier alpha value is -2.97. The number of halogens is 1. The summed E-state index contributed by atoms with van der Waals surface area (Å²) in [6.07, 6.45) is 3.65. The largest absolute Gasteiger partial charge is 0.264 e. The molecule has 0 N–H and O–H groups in total. The summed E-state index contributed by atoms with van der Waals surface area (Å²) < 4.78 is 0. The van der Waals surface area contributed by atoms with Gasteiger partial charge in [0.1, 0.15) is 0 Å². The SMILES string of the molecule is ClCc1cc2cnccc2cc1N=C(c1ccccc1)c1ccccc1. The van der Waals surface area contributed by atoms with Crippen LogP contribution in [0.15, 0.2) is 96.2 Å². The lowest BCUT2D eigenvalue weighted by molar-refractivity contribution is 1.33. The number of pyridine rings is 1. The van der Waals surface area contributed by atoms with E-state index < -0.39 is 0 Å². The van der Waals surface area contributed by atoms with Gasteiger partial charge >= 0.3 is 0 Å². The van der Waals surface area contributed by atoms with Gasteiger partial charge in [-0.15, -0.1) is 11.6 Å². The number of aromatic nitrogens is 1. The number of rotatable bonds is 4. The van der Waals surface area contributed by atoms with Crippen molar-refractivity contribution in [3.63, 3.8) is 0 Å². The van der Waals surface area contributed by atoms with Gasteiger partial charge in [-0.3, -0.25) is 4.98 Å².